The third-order valence-corrected chi connectivity index (χ3v) is 2.67. The Morgan fingerprint density at radius 1 is 1.06 bits per heavy atom. The van der Waals surface area contributed by atoms with Gasteiger partial charge in [-0.25, -0.2) is 4.68 Å². The second-order valence-electron chi connectivity index (χ2n) is 4.04. The maximum atomic E-state index is 4.40. The molecule has 18 heavy (non-hydrogen) atoms. The predicted octanol–water partition coefficient (Wildman–Crippen LogP) is 2.76. The molecule has 0 aliphatic rings. The highest BCUT2D eigenvalue weighted by atomic mass is 15.4. The van der Waals surface area contributed by atoms with Gasteiger partial charge in [-0.1, -0.05) is 23.4 Å². The van der Waals surface area contributed by atoms with E-state index in [-0.39, 0.29) is 0 Å². The molecule has 88 valence electrons. The first-order chi connectivity index (χ1) is 8.83. The largest absolute Gasteiger partial charge is 0.254 e. The summed E-state index contributed by atoms with van der Waals surface area (Å²) in [5, 5.41) is 8.17. The summed E-state index contributed by atoms with van der Waals surface area (Å²) in [5.41, 5.74) is 3.79. The molecular weight excluding hydrogens is 224 g/mol. The molecule has 0 radical (unpaired) electrons. The minimum Gasteiger partial charge on any atom is -0.254 e. The van der Waals surface area contributed by atoms with Gasteiger partial charge in [0.1, 0.15) is 5.52 Å². The number of aromatic nitrogens is 4. The Morgan fingerprint density at radius 2 is 1.94 bits per heavy atom. The number of pyridine rings is 1. The molecule has 0 unspecified atom stereocenters. The smallest absolute Gasteiger partial charge is 0.113 e. The highest BCUT2D eigenvalue weighted by molar-refractivity contribution is 5.77. The van der Waals surface area contributed by atoms with E-state index in [1.54, 1.807) is 4.68 Å². The van der Waals surface area contributed by atoms with Crippen molar-refractivity contribution >= 4 is 23.3 Å². The lowest BCUT2D eigenvalue weighted by Gasteiger charge is -1.95. The van der Waals surface area contributed by atoms with Gasteiger partial charge in [-0.05, 0) is 37.3 Å². The van der Waals surface area contributed by atoms with E-state index in [0.29, 0.717) is 0 Å². The molecule has 2 aromatic heterocycles. The van der Waals surface area contributed by atoms with Crippen molar-refractivity contribution in [2.24, 2.45) is 0 Å². The number of hydrogen-bond donors (Lipinski definition) is 0. The van der Waals surface area contributed by atoms with Gasteiger partial charge in [-0.3, -0.25) is 4.98 Å². The van der Waals surface area contributed by atoms with Gasteiger partial charge in [0.05, 0.1) is 11.2 Å². The molecule has 0 aliphatic carbocycles. The van der Waals surface area contributed by atoms with E-state index in [9.17, 15) is 0 Å². The van der Waals surface area contributed by atoms with Crippen LogP contribution in [-0.4, -0.2) is 20.0 Å². The van der Waals surface area contributed by atoms with Crippen LogP contribution in [0.15, 0.2) is 42.5 Å². The first-order valence-electron chi connectivity index (χ1n) is 5.75. The van der Waals surface area contributed by atoms with Crippen LogP contribution in [0.25, 0.3) is 23.3 Å². The van der Waals surface area contributed by atoms with Crippen molar-refractivity contribution in [3.05, 3.63) is 53.9 Å². The monoisotopic (exact) mass is 236 g/mol. The van der Waals surface area contributed by atoms with E-state index in [2.05, 4.69) is 15.3 Å². The molecule has 0 bridgehead atoms. The van der Waals surface area contributed by atoms with Crippen LogP contribution in [-0.2, 0) is 0 Å². The van der Waals surface area contributed by atoms with Crippen molar-refractivity contribution in [2.45, 2.75) is 6.92 Å². The standard InChI is InChI=1S/C14H12N4/c1-11-5-4-6-12(15-11)9-10-18-14-8-3-2-7-13(14)16-17-18/h2-10H,1H3/b10-9+. The number of para-hydroxylation sites is 1. The SMILES string of the molecule is Cc1cccc(/C=C/n2nnc3ccccc32)n1. The fourth-order valence-corrected chi connectivity index (χ4v) is 1.80. The average Bonchev–Trinajstić information content (AvgIpc) is 2.80. The fourth-order valence-electron chi connectivity index (χ4n) is 1.80. The first kappa shape index (κ1) is 10.7. The number of rotatable bonds is 2. The lowest BCUT2D eigenvalue weighted by Crippen LogP contribution is -1.89. The molecule has 0 N–H and O–H groups in total. The van der Waals surface area contributed by atoms with E-state index < -0.39 is 0 Å². The normalized spacial score (nSPS) is 11.4. The molecule has 3 aromatic rings. The van der Waals surface area contributed by atoms with Crippen molar-refractivity contribution in [1.29, 1.82) is 0 Å². The van der Waals surface area contributed by atoms with E-state index in [1.807, 2.05) is 61.7 Å². The van der Waals surface area contributed by atoms with Gasteiger partial charge >= 0.3 is 0 Å². The summed E-state index contributed by atoms with van der Waals surface area (Å²) in [6, 6.07) is 13.8. The van der Waals surface area contributed by atoms with E-state index in [4.69, 9.17) is 0 Å². The molecule has 0 spiro atoms. The first-order valence-corrected chi connectivity index (χ1v) is 5.75. The lowest BCUT2D eigenvalue weighted by molar-refractivity contribution is 0.863. The Bertz CT molecular complexity index is 712. The summed E-state index contributed by atoms with van der Waals surface area (Å²) in [6.07, 6.45) is 3.80. The molecule has 3 rings (SSSR count). The van der Waals surface area contributed by atoms with Crippen LogP contribution < -0.4 is 0 Å². The molecule has 0 fully saturated rings. The minimum absolute atomic E-state index is 0.888. The van der Waals surface area contributed by atoms with Crippen molar-refractivity contribution < 1.29 is 0 Å². The Morgan fingerprint density at radius 3 is 2.83 bits per heavy atom. The van der Waals surface area contributed by atoms with E-state index in [1.165, 1.54) is 0 Å². The Kier molecular flexibility index (Phi) is 2.61. The van der Waals surface area contributed by atoms with Gasteiger partial charge in [0.15, 0.2) is 0 Å². The average molecular weight is 236 g/mol. The molecule has 0 aliphatic heterocycles. The van der Waals surface area contributed by atoms with Crippen molar-refractivity contribution in [2.75, 3.05) is 0 Å². The van der Waals surface area contributed by atoms with Crippen LogP contribution in [0, 0.1) is 6.92 Å². The Balaban J connectivity index is 1.97. The molecule has 0 saturated heterocycles. The maximum Gasteiger partial charge on any atom is 0.113 e. The minimum atomic E-state index is 0.888. The summed E-state index contributed by atoms with van der Waals surface area (Å²) >= 11 is 0. The summed E-state index contributed by atoms with van der Waals surface area (Å²) in [5.74, 6) is 0. The molecule has 0 amide bonds. The second kappa shape index (κ2) is 4.41. The summed E-state index contributed by atoms with van der Waals surface area (Å²) in [7, 11) is 0. The summed E-state index contributed by atoms with van der Waals surface area (Å²) < 4.78 is 1.75. The summed E-state index contributed by atoms with van der Waals surface area (Å²) in [4.78, 5) is 4.40. The van der Waals surface area contributed by atoms with Crippen LogP contribution in [0.5, 0.6) is 0 Å². The van der Waals surface area contributed by atoms with Crippen molar-refractivity contribution in [1.82, 2.24) is 20.0 Å². The summed E-state index contributed by atoms with van der Waals surface area (Å²) in [6.45, 7) is 1.97. The van der Waals surface area contributed by atoms with Gasteiger partial charge in [-0.15, -0.1) is 5.10 Å². The predicted molar refractivity (Wildman–Crippen MR) is 71.7 cm³/mol. The molecule has 1 aromatic carbocycles. The number of aryl methyl sites for hydroxylation is 1. The fraction of sp³-hybridized carbons (Fsp3) is 0.0714. The van der Waals surface area contributed by atoms with Crippen LogP contribution in [0.2, 0.25) is 0 Å². The van der Waals surface area contributed by atoms with Crippen molar-refractivity contribution in [3.8, 4) is 0 Å². The zero-order valence-corrected chi connectivity index (χ0v) is 9.99. The van der Waals surface area contributed by atoms with Crippen LogP contribution in [0.3, 0.4) is 0 Å². The zero-order chi connectivity index (χ0) is 12.4. The van der Waals surface area contributed by atoms with Crippen LogP contribution in [0.4, 0.5) is 0 Å². The second-order valence-corrected chi connectivity index (χ2v) is 4.04. The van der Waals surface area contributed by atoms with Gasteiger partial charge in [-0.2, -0.15) is 0 Å². The van der Waals surface area contributed by atoms with E-state index in [0.717, 1.165) is 22.4 Å². The van der Waals surface area contributed by atoms with Crippen LogP contribution in [0.1, 0.15) is 11.4 Å². The van der Waals surface area contributed by atoms with Crippen LogP contribution >= 0.6 is 0 Å². The molecular formula is C14H12N4. The maximum absolute atomic E-state index is 4.40. The number of hydrogen-bond acceptors (Lipinski definition) is 3. The Hall–Kier alpha value is -2.49. The van der Waals surface area contributed by atoms with Gasteiger partial charge in [0.2, 0.25) is 0 Å². The third kappa shape index (κ3) is 2.00. The molecule has 0 atom stereocenters. The molecule has 4 heteroatoms. The van der Waals surface area contributed by atoms with Crippen molar-refractivity contribution in [3.63, 3.8) is 0 Å². The highest BCUT2D eigenvalue weighted by Gasteiger charge is 1.99. The number of benzene rings is 1. The molecule has 2 heterocycles. The topological polar surface area (TPSA) is 43.6 Å². The molecule has 0 saturated carbocycles. The Labute approximate surface area is 105 Å². The lowest BCUT2D eigenvalue weighted by atomic mass is 10.3. The quantitative estimate of drug-likeness (QED) is 0.687. The van der Waals surface area contributed by atoms with Gasteiger partial charge in [0.25, 0.3) is 0 Å². The zero-order valence-electron chi connectivity index (χ0n) is 9.99. The third-order valence-electron chi connectivity index (χ3n) is 2.67. The van der Waals surface area contributed by atoms with Gasteiger partial charge < -0.3 is 0 Å². The van der Waals surface area contributed by atoms with E-state index >= 15 is 0 Å². The molecule has 4 nitrogen and oxygen atoms in total. The number of fused-ring (bicyclic) bond motifs is 1. The van der Waals surface area contributed by atoms with Gasteiger partial charge in [0, 0.05) is 11.9 Å². The highest BCUT2D eigenvalue weighted by Crippen LogP contribution is 2.10. The number of nitrogens with zero attached hydrogens (tertiary/aromatic N) is 4.